The summed E-state index contributed by atoms with van der Waals surface area (Å²) in [6.07, 6.45) is 2.09. The number of anilines is 1. The number of aromatic nitrogens is 2. The summed E-state index contributed by atoms with van der Waals surface area (Å²) in [5.74, 6) is 0. The van der Waals surface area contributed by atoms with Crippen molar-refractivity contribution in [3.63, 3.8) is 0 Å². The third-order valence-electron chi connectivity index (χ3n) is 3.14. The maximum Gasteiger partial charge on any atom is 0.330 e. The van der Waals surface area contributed by atoms with Gasteiger partial charge in [-0.25, -0.2) is 4.79 Å². The lowest BCUT2D eigenvalue weighted by molar-refractivity contribution is 0.565. The van der Waals surface area contributed by atoms with Crippen LogP contribution >= 0.6 is 0 Å². The Morgan fingerprint density at radius 2 is 1.89 bits per heavy atom. The first kappa shape index (κ1) is 13.1. The second-order valence-electron chi connectivity index (χ2n) is 4.32. The van der Waals surface area contributed by atoms with Gasteiger partial charge in [0.25, 0.3) is 5.56 Å². The van der Waals surface area contributed by atoms with E-state index in [2.05, 4.69) is 0 Å². The highest BCUT2D eigenvalue weighted by Gasteiger charge is 2.05. The number of nitrogens with two attached hydrogens (primary N) is 1. The normalized spacial score (nSPS) is 10.6. The highest BCUT2D eigenvalue weighted by molar-refractivity contribution is 5.46. The minimum atomic E-state index is -0.274. The van der Waals surface area contributed by atoms with Crippen molar-refractivity contribution in [1.82, 2.24) is 9.13 Å². The largest absolute Gasteiger partial charge is 0.399 e. The average molecular weight is 259 g/mol. The smallest absolute Gasteiger partial charge is 0.330 e. The molecule has 0 amide bonds. The van der Waals surface area contributed by atoms with Gasteiger partial charge in [-0.05, 0) is 25.0 Å². The predicted octanol–water partition coefficient (Wildman–Crippen LogP) is 0.855. The highest BCUT2D eigenvalue weighted by Crippen LogP contribution is 2.11. The molecule has 0 saturated carbocycles. The Morgan fingerprint density at radius 1 is 1.16 bits per heavy atom. The van der Waals surface area contributed by atoms with E-state index in [0.29, 0.717) is 25.2 Å². The molecule has 0 bridgehead atoms. The van der Waals surface area contributed by atoms with Crippen LogP contribution in [0, 0.1) is 0 Å². The number of rotatable bonds is 4. The summed E-state index contributed by atoms with van der Waals surface area (Å²) in [5, 5.41) is 0. The molecular weight excluding hydrogens is 242 g/mol. The molecule has 0 aliphatic heterocycles. The number of hydrogen-bond acceptors (Lipinski definition) is 3. The number of nitrogens with zero attached hydrogens (tertiary/aromatic N) is 2. The number of benzene rings is 1. The van der Waals surface area contributed by atoms with Crippen molar-refractivity contribution in [3.05, 3.63) is 62.9 Å². The molecule has 0 fully saturated rings. The fourth-order valence-corrected chi connectivity index (χ4v) is 2.00. The lowest BCUT2D eigenvalue weighted by atomic mass is 10.1. The van der Waals surface area contributed by atoms with Crippen LogP contribution in [0.4, 0.5) is 5.69 Å². The third kappa shape index (κ3) is 2.76. The number of nitrogen functional groups attached to an aromatic ring is 1. The molecule has 5 heteroatoms. The average Bonchev–Trinajstić information content (AvgIpc) is 2.40. The Hall–Kier alpha value is -2.30. The van der Waals surface area contributed by atoms with Crippen molar-refractivity contribution in [1.29, 1.82) is 0 Å². The third-order valence-corrected chi connectivity index (χ3v) is 3.14. The van der Waals surface area contributed by atoms with Crippen molar-refractivity contribution >= 4 is 5.69 Å². The molecule has 2 aromatic rings. The molecule has 2 rings (SSSR count). The summed E-state index contributed by atoms with van der Waals surface area (Å²) >= 11 is 0. The van der Waals surface area contributed by atoms with Gasteiger partial charge in [0.1, 0.15) is 0 Å². The van der Waals surface area contributed by atoms with Crippen LogP contribution < -0.4 is 17.0 Å². The molecule has 1 heterocycles. The SMILES string of the molecule is CCn1ccc(=O)n(CCc2ccccc2N)c1=O. The van der Waals surface area contributed by atoms with Crippen molar-refractivity contribution < 1.29 is 0 Å². The predicted molar refractivity (Wildman–Crippen MR) is 75.2 cm³/mol. The maximum absolute atomic E-state index is 12.0. The van der Waals surface area contributed by atoms with E-state index in [4.69, 9.17) is 5.73 Å². The monoisotopic (exact) mass is 259 g/mol. The number of aryl methyl sites for hydroxylation is 2. The van der Waals surface area contributed by atoms with Crippen LogP contribution in [0.25, 0.3) is 0 Å². The van der Waals surface area contributed by atoms with E-state index >= 15 is 0 Å². The maximum atomic E-state index is 12.0. The van der Waals surface area contributed by atoms with Crippen molar-refractivity contribution in [3.8, 4) is 0 Å². The first-order chi connectivity index (χ1) is 9.13. The van der Waals surface area contributed by atoms with Gasteiger partial charge in [0.05, 0.1) is 0 Å². The fraction of sp³-hybridized carbons (Fsp3) is 0.286. The Labute approximate surface area is 110 Å². The summed E-state index contributed by atoms with van der Waals surface area (Å²) in [7, 11) is 0. The molecule has 0 aliphatic rings. The Balaban J connectivity index is 2.28. The molecule has 19 heavy (non-hydrogen) atoms. The van der Waals surface area contributed by atoms with Gasteiger partial charge in [-0.3, -0.25) is 9.36 Å². The van der Waals surface area contributed by atoms with Gasteiger partial charge in [-0.15, -0.1) is 0 Å². The van der Waals surface area contributed by atoms with E-state index < -0.39 is 0 Å². The first-order valence-corrected chi connectivity index (χ1v) is 6.27. The summed E-state index contributed by atoms with van der Waals surface area (Å²) < 4.78 is 2.76. The summed E-state index contributed by atoms with van der Waals surface area (Å²) in [6.45, 7) is 2.75. The highest BCUT2D eigenvalue weighted by atomic mass is 16.2. The standard InChI is InChI=1S/C14H17N3O2/c1-2-16-9-8-13(18)17(14(16)19)10-7-11-5-3-4-6-12(11)15/h3-6,8-9H,2,7,10,15H2,1H3. The summed E-state index contributed by atoms with van der Waals surface area (Å²) in [5.41, 5.74) is 6.93. The van der Waals surface area contributed by atoms with Crippen molar-refractivity contribution in [2.75, 3.05) is 5.73 Å². The molecule has 0 radical (unpaired) electrons. The van der Waals surface area contributed by atoms with Crippen LogP contribution in [0.5, 0.6) is 0 Å². The lowest BCUT2D eigenvalue weighted by Gasteiger charge is -2.09. The Kier molecular flexibility index (Phi) is 3.85. The van der Waals surface area contributed by atoms with Gasteiger partial charge < -0.3 is 10.3 Å². The molecule has 2 N–H and O–H groups in total. The second kappa shape index (κ2) is 5.56. The van der Waals surface area contributed by atoms with E-state index in [1.54, 1.807) is 0 Å². The van der Waals surface area contributed by atoms with E-state index in [0.717, 1.165) is 5.56 Å². The Bertz CT molecular complexity index is 686. The van der Waals surface area contributed by atoms with Crippen LogP contribution in [0.2, 0.25) is 0 Å². The van der Waals surface area contributed by atoms with Gasteiger partial charge in [0.2, 0.25) is 0 Å². The molecular formula is C14H17N3O2. The minimum Gasteiger partial charge on any atom is -0.399 e. The summed E-state index contributed by atoms with van der Waals surface area (Å²) in [4.78, 5) is 23.8. The molecule has 0 saturated heterocycles. The molecule has 1 aromatic carbocycles. The zero-order chi connectivity index (χ0) is 13.8. The topological polar surface area (TPSA) is 70.0 Å². The lowest BCUT2D eigenvalue weighted by Crippen LogP contribution is -2.39. The molecule has 0 atom stereocenters. The van der Waals surface area contributed by atoms with Gasteiger partial charge >= 0.3 is 5.69 Å². The zero-order valence-electron chi connectivity index (χ0n) is 10.9. The van der Waals surface area contributed by atoms with E-state index in [1.807, 2.05) is 31.2 Å². The van der Waals surface area contributed by atoms with Crippen molar-refractivity contribution in [2.24, 2.45) is 0 Å². The minimum absolute atomic E-state index is 0.274. The molecule has 0 spiro atoms. The Morgan fingerprint density at radius 3 is 2.58 bits per heavy atom. The molecule has 0 unspecified atom stereocenters. The van der Waals surface area contributed by atoms with Crippen LogP contribution in [0.15, 0.2) is 46.1 Å². The van der Waals surface area contributed by atoms with E-state index in [-0.39, 0.29) is 11.2 Å². The van der Waals surface area contributed by atoms with Gasteiger partial charge in [0, 0.05) is 31.0 Å². The van der Waals surface area contributed by atoms with Crippen molar-refractivity contribution in [2.45, 2.75) is 26.4 Å². The van der Waals surface area contributed by atoms with Gasteiger partial charge in [-0.1, -0.05) is 18.2 Å². The van der Waals surface area contributed by atoms with Crippen LogP contribution in [-0.4, -0.2) is 9.13 Å². The molecule has 5 nitrogen and oxygen atoms in total. The molecule has 1 aromatic heterocycles. The fourth-order valence-electron chi connectivity index (χ4n) is 2.00. The number of para-hydroxylation sites is 1. The second-order valence-corrected chi connectivity index (χ2v) is 4.32. The van der Waals surface area contributed by atoms with Crippen LogP contribution in [0.3, 0.4) is 0 Å². The van der Waals surface area contributed by atoms with Gasteiger partial charge in [-0.2, -0.15) is 0 Å². The molecule has 0 aliphatic carbocycles. The number of hydrogen-bond donors (Lipinski definition) is 1. The van der Waals surface area contributed by atoms with E-state index in [1.165, 1.54) is 21.4 Å². The van der Waals surface area contributed by atoms with E-state index in [9.17, 15) is 9.59 Å². The van der Waals surface area contributed by atoms with Crippen LogP contribution in [-0.2, 0) is 19.5 Å². The first-order valence-electron chi connectivity index (χ1n) is 6.27. The quantitative estimate of drug-likeness (QED) is 0.828. The van der Waals surface area contributed by atoms with Crippen LogP contribution in [0.1, 0.15) is 12.5 Å². The van der Waals surface area contributed by atoms with Gasteiger partial charge in [0.15, 0.2) is 0 Å². The summed E-state index contributed by atoms with van der Waals surface area (Å²) in [6, 6.07) is 8.88. The zero-order valence-corrected chi connectivity index (χ0v) is 10.9. The molecule has 100 valence electrons.